The molecule has 2 aliphatic carbocycles. The number of hydrogen-bond donors (Lipinski definition) is 9. The standard InChI is InChI=1S/C13H25NO7P2S.C11H23NO6P2S.BrH.ClH/c1-10(15)24-7-6-14(2)5-3-4-11-8-13(9-12(11)14,22(16,17)18)23(19,20)21;1-12(5-6-21)4-2-3-9-7-11(8-10(9)12,19(13,14)15)20(16,17)18;;/h11-12H,3-9H2,1-2H3,(H3-,16,17,18,19,20,21);9-10H,2-8H2,1H3,(H4-,13,14,15,16,17,18,21);2*1H. The third-order valence-corrected chi connectivity index (χ3v) is 21.0. The Morgan fingerprint density at radius 1 is 0.723 bits per heavy atom. The SMILES string of the molecule is CC(=O)SCC[N+]1(C)CCCC2CC(P(=O)(O)O)(P(=O)(O)O)CC21.C[N+]1(CCS)CCCC2CC(P(=O)(O)O)(P(=O)(O)O)CC21.[Br-].[Cl-]. The van der Waals surface area contributed by atoms with Crippen molar-refractivity contribution in [2.75, 3.05) is 51.8 Å². The minimum atomic E-state index is -4.97. The summed E-state index contributed by atoms with van der Waals surface area (Å²) in [4.78, 5) is 84.2. The van der Waals surface area contributed by atoms with E-state index in [1.165, 1.54) is 18.7 Å². The third kappa shape index (κ3) is 9.43. The predicted octanol–water partition coefficient (Wildman–Crippen LogP) is -3.67. The molecule has 0 aromatic heterocycles. The van der Waals surface area contributed by atoms with E-state index in [0.717, 1.165) is 45.3 Å². The molecule has 2 saturated carbocycles. The van der Waals surface area contributed by atoms with Crippen molar-refractivity contribution in [3.8, 4) is 0 Å². The van der Waals surface area contributed by atoms with E-state index in [9.17, 15) is 62.2 Å². The highest BCUT2D eigenvalue weighted by Crippen LogP contribution is 2.78. The van der Waals surface area contributed by atoms with Gasteiger partial charge in [0.05, 0.1) is 58.1 Å². The minimum Gasteiger partial charge on any atom is -1.00 e. The van der Waals surface area contributed by atoms with Gasteiger partial charge in [-0.1, -0.05) is 11.8 Å². The number of nitrogens with zero attached hydrogens (tertiary/aromatic N) is 2. The summed E-state index contributed by atoms with van der Waals surface area (Å²) in [5.41, 5.74) is 0. The Morgan fingerprint density at radius 3 is 1.36 bits per heavy atom. The summed E-state index contributed by atoms with van der Waals surface area (Å²) in [6.07, 6.45) is 2.73. The van der Waals surface area contributed by atoms with Crippen LogP contribution in [0.2, 0.25) is 0 Å². The molecule has 2 aliphatic heterocycles. The fourth-order valence-corrected chi connectivity index (χ4v) is 16.1. The van der Waals surface area contributed by atoms with Crippen LogP contribution in [0.5, 0.6) is 0 Å². The van der Waals surface area contributed by atoms with E-state index in [1.807, 2.05) is 14.1 Å². The summed E-state index contributed by atoms with van der Waals surface area (Å²) in [5, 5.41) is 0.0152. The molecule has 0 bridgehead atoms. The summed E-state index contributed by atoms with van der Waals surface area (Å²) in [6, 6.07) is -0.322. The zero-order valence-corrected chi connectivity index (χ0v) is 34.3. The van der Waals surface area contributed by atoms with E-state index < -0.39 is 40.2 Å². The molecule has 4 aliphatic rings. The van der Waals surface area contributed by atoms with Crippen molar-refractivity contribution in [3.63, 3.8) is 0 Å². The van der Waals surface area contributed by atoms with Gasteiger partial charge in [-0.15, -0.1) is 0 Å². The number of fused-ring (bicyclic) bond motifs is 2. The van der Waals surface area contributed by atoms with Crippen LogP contribution in [-0.4, -0.2) is 127 Å². The molecule has 2 saturated heterocycles. The van der Waals surface area contributed by atoms with E-state index in [4.69, 9.17) is 0 Å². The first-order valence-electron chi connectivity index (χ1n) is 14.9. The highest BCUT2D eigenvalue weighted by Gasteiger charge is 2.70. The Labute approximate surface area is 302 Å². The molecule has 0 amide bonds. The normalized spacial score (nSPS) is 33.3. The lowest BCUT2D eigenvalue weighted by Crippen LogP contribution is -3.00. The maximum absolute atomic E-state index is 12.0. The first kappa shape index (κ1) is 46.7. The molecule has 280 valence electrons. The fourth-order valence-electron chi connectivity index (χ4n) is 8.56. The molecule has 4 rings (SSSR count). The van der Waals surface area contributed by atoms with Gasteiger partial charge < -0.3 is 77.5 Å². The first-order valence-corrected chi connectivity index (χ1v) is 23.0. The molecule has 8 N–H and O–H groups in total. The number of piperidine rings is 2. The van der Waals surface area contributed by atoms with Crippen molar-refractivity contribution in [3.05, 3.63) is 0 Å². The van der Waals surface area contributed by atoms with Crippen LogP contribution in [0, 0.1) is 11.8 Å². The lowest BCUT2D eigenvalue weighted by atomic mass is 9.90. The lowest BCUT2D eigenvalue weighted by molar-refractivity contribution is -0.938. The maximum Gasteiger partial charge on any atom is 0.344 e. The summed E-state index contributed by atoms with van der Waals surface area (Å²) in [7, 11) is -15.8. The quantitative estimate of drug-likeness (QED) is 0.0616. The molecule has 47 heavy (non-hydrogen) atoms. The summed E-state index contributed by atoms with van der Waals surface area (Å²) < 4.78 is 48.9. The van der Waals surface area contributed by atoms with Crippen LogP contribution in [0.25, 0.3) is 0 Å². The van der Waals surface area contributed by atoms with Gasteiger partial charge in [0.2, 0.25) is 0 Å². The monoisotopic (exact) mass is 876 g/mol. The van der Waals surface area contributed by atoms with E-state index in [1.54, 1.807) is 0 Å². The van der Waals surface area contributed by atoms with Crippen LogP contribution in [0.4, 0.5) is 0 Å². The zero-order chi connectivity index (χ0) is 34.5. The van der Waals surface area contributed by atoms with E-state index in [2.05, 4.69) is 12.6 Å². The molecule has 0 aromatic carbocycles. The van der Waals surface area contributed by atoms with Gasteiger partial charge in [0.1, 0.15) is 0 Å². The van der Waals surface area contributed by atoms with Gasteiger partial charge in [-0.3, -0.25) is 23.1 Å². The number of quaternary nitrogens is 2. The second kappa shape index (κ2) is 16.4. The van der Waals surface area contributed by atoms with Gasteiger partial charge in [-0.05, 0) is 38.5 Å². The number of halogens is 2. The topological polar surface area (TPSA) is 247 Å². The third-order valence-electron chi connectivity index (χ3n) is 11.1. The van der Waals surface area contributed by atoms with Gasteiger partial charge in [0.15, 0.2) is 14.9 Å². The summed E-state index contributed by atoms with van der Waals surface area (Å²) >= 11 is 5.46. The largest absolute Gasteiger partial charge is 1.00 e. The maximum atomic E-state index is 12.0. The van der Waals surface area contributed by atoms with Crippen molar-refractivity contribution in [1.29, 1.82) is 0 Å². The van der Waals surface area contributed by atoms with Gasteiger partial charge in [0.25, 0.3) is 0 Å². The molecular weight excluding hydrogens is 828 g/mol. The number of carbonyl (C=O) groups is 1. The van der Waals surface area contributed by atoms with Crippen molar-refractivity contribution >= 4 is 59.9 Å². The van der Waals surface area contributed by atoms with Crippen molar-refractivity contribution < 1.29 is 101 Å². The van der Waals surface area contributed by atoms with Crippen molar-refractivity contribution in [2.24, 2.45) is 11.8 Å². The number of likely N-dealkylation sites (tertiary alicyclic amines) is 2. The number of thioether (sulfide) groups is 1. The Balaban J connectivity index is 0.000000454. The second-order valence-electron chi connectivity index (χ2n) is 13.8. The Morgan fingerprint density at radius 2 is 1.06 bits per heavy atom. The average molecular weight is 878 g/mol. The Hall–Kier alpha value is 1.66. The Bertz CT molecular complexity index is 1270. The molecule has 2 heterocycles. The van der Waals surface area contributed by atoms with Crippen LogP contribution in [-0.2, 0) is 23.1 Å². The highest BCUT2D eigenvalue weighted by atomic mass is 79.9. The van der Waals surface area contributed by atoms with E-state index >= 15 is 0 Å². The van der Waals surface area contributed by atoms with E-state index in [0.29, 0.717) is 27.0 Å². The number of hydrogen-bond acceptors (Lipinski definition) is 7. The number of rotatable bonds is 9. The van der Waals surface area contributed by atoms with Crippen LogP contribution >= 0.6 is 54.8 Å². The summed E-state index contributed by atoms with van der Waals surface area (Å²) in [6.45, 7) is 4.52. The lowest BCUT2D eigenvalue weighted by Gasteiger charge is -2.46. The highest BCUT2D eigenvalue weighted by molar-refractivity contribution is 8.13. The Kier molecular flexibility index (Phi) is 16.2. The van der Waals surface area contributed by atoms with Crippen molar-refractivity contribution in [1.82, 2.24) is 0 Å². The molecule has 15 nitrogen and oxygen atoms in total. The van der Waals surface area contributed by atoms with E-state index in [-0.39, 0.29) is 84.1 Å². The second-order valence-corrected chi connectivity index (χ2v) is 24.0. The van der Waals surface area contributed by atoms with Gasteiger partial charge in [0, 0.05) is 37.4 Å². The zero-order valence-electron chi connectivity index (χ0n) is 26.6. The number of carbonyl (C=O) groups excluding carboxylic acids is 1. The van der Waals surface area contributed by atoms with Crippen LogP contribution in [0.15, 0.2) is 0 Å². The first-order chi connectivity index (χ1) is 20.3. The predicted molar refractivity (Wildman–Crippen MR) is 174 cm³/mol. The smallest absolute Gasteiger partial charge is 0.344 e. The van der Waals surface area contributed by atoms with Crippen LogP contribution in [0.1, 0.15) is 58.3 Å². The summed E-state index contributed by atoms with van der Waals surface area (Å²) in [5.74, 6) is 1.06. The molecular formula is C24H50BrClN2O13P4S2. The van der Waals surface area contributed by atoms with Gasteiger partial charge >= 0.3 is 30.4 Å². The molecule has 0 radical (unpaired) electrons. The minimum absolute atomic E-state index is 0. The van der Waals surface area contributed by atoms with Crippen LogP contribution in [0.3, 0.4) is 0 Å². The van der Waals surface area contributed by atoms with Crippen LogP contribution < -0.4 is 29.4 Å². The molecule has 4 fully saturated rings. The van der Waals surface area contributed by atoms with Gasteiger partial charge in [-0.2, -0.15) is 12.6 Å². The molecule has 0 aromatic rings. The fraction of sp³-hybridized carbons (Fsp3) is 0.958. The molecule has 23 heteroatoms. The molecule has 6 atom stereocenters. The van der Waals surface area contributed by atoms with Crippen molar-refractivity contribution in [2.45, 2.75) is 80.2 Å². The molecule has 0 spiro atoms. The average Bonchev–Trinajstić information content (AvgIpc) is 3.47. The number of thiol groups is 1. The molecule has 6 unspecified atom stereocenters. The van der Waals surface area contributed by atoms with Gasteiger partial charge in [-0.25, -0.2) is 0 Å².